The number of pyridine rings is 2. The van der Waals surface area contributed by atoms with Crippen molar-refractivity contribution in [1.82, 2.24) is 35.3 Å². The molecule has 0 aliphatic carbocycles. The fourth-order valence-corrected chi connectivity index (χ4v) is 4.73. The molecule has 41 heavy (non-hydrogen) atoms. The standard InChI is InChI=1S/C30H35N9O2/c31-28-12-7-22(19-34-28)20-35-30(41)36-24-10-8-23(9-11-24)26-18-27(39(37-26)21-25-6-2-3-13-32-25)29(40)33-14-17-38-15-4-1-5-16-38/h2-3,6-13,18-19H,1,4-5,14-17,20-21H2,(H2,31,34)(H,33,40)(H2,35,36,41). The molecule has 5 N–H and O–H groups in total. The minimum atomic E-state index is -0.335. The fourth-order valence-electron chi connectivity index (χ4n) is 4.73. The molecule has 0 bridgehead atoms. The first kappa shape index (κ1) is 27.8. The van der Waals surface area contributed by atoms with Crippen LogP contribution in [0.15, 0.2) is 73.1 Å². The van der Waals surface area contributed by atoms with Crippen molar-refractivity contribution in [2.45, 2.75) is 32.4 Å². The number of nitrogen functional groups attached to an aromatic ring is 1. The van der Waals surface area contributed by atoms with Gasteiger partial charge in [0.2, 0.25) is 0 Å². The molecule has 0 radical (unpaired) electrons. The molecule has 4 heterocycles. The topological polar surface area (TPSA) is 143 Å². The first-order chi connectivity index (χ1) is 20.0. The zero-order chi connectivity index (χ0) is 28.4. The molecule has 1 aliphatic heterocycles. The van der Waals surface area contributed by atoms with Crippen LogP contribution >= 0.6 is 0 Å². The summed E-state index contributed by atoms with van der Waals surface area (Å²) in [5.74, 6) is 0.267. The maximum absolute atomic E-state index is 13.2. The Labute approximate surface area is 239 Å². The van der Waals surface area contributed by atoms with Crippen LogP contribution in [0, 0.1) is 0 Å². The minimum Gasteiger partial charge on any atom is -0.384 e. The summed E-state index contributed by atoms with van der Waals surface area (Å²) in [6.07, 6.45) is 7.07. The number of amides is 3. The number of likely N-dealkylation sites (tertiary alicyclic amines) is 1. The molecule has 11 heteroatoms. The second kappa shape index (κ2) is 13.5. The smallest absolute Gasteiger partial charge is 0.319 e. The number of carbonyl (C=O) groups excluding carboxylic acids is 2. The lowest BCUT2D eigenvalue weighted by molar-refractivity contribution is 0.0936. The molecule has 0 saturated carbocycles. The number of hydrogen-bond acceptors (Lipinski definition) is 7. The molecule has 0 spiro atoms. The zero-order valence-corrected chi connectivity index (χ0v) is 22.9. The Morgan fingerprint density at radius 1 is 0.927 bits per heavy atom. The molecule has 1 aliphatic rings. The summed E-state index contributed by atoms with van der Waals surface area (Å²) >= 11 is 0. The van der Waals surface area contributed by atoms with E-state index in [1.165, 1.54) is 19.3 Å². The van der Waals surface area contributed by atoms with E-state index in [2.05, 4.69) is 30.8 Å². The molecule has 3 aromatic heterocycles. The zero-order valence-electron chi connectivity index (χ0n) is 22.9. The second-order valence-corrected chi connectivity index (χ2v) is 10.0. The second-order valence-electron chi connectivity index (χ2n) is 10.0. The molecule has 3 amide bonds. The maximum atomic E-state index is 13.2. The van der Waals surface area contributed by atoms with Gasteiger partial charge in [0.1, 0.15) is 11.5 Å². The summed E-state index contributed by atoms with van der Waals surface area (Å²) in [6, 6.07) is 18.0. The van der Waals surface area contributed by atoms with Gasteiger partial charge in [-0.2, -0.15) is 5.10 Å². The predicted molar refractivity (Wildman–Crippen MR) is 158 cm³/mol. The van der Waals surface area contributed by atoms with Crippen LogP contribution in [0.2, 0.25) is 0 Å². The molecule has 212 valence electrons. The van der Waals surface area contributed by atoms with Gasteiger partial charge in [0.05, 0.1) is 17.9 Å². The van der Waals surface area contributed by atoms with Crippen LogP contribution in [0.25, 0.3) is 11.3 Å². The number of aromatic nitrogens is 4. The van der Waals surface area contributed by atoms with Crippen molar-refractivity contribution in [2.24, 2.45) is 0 Å². The summed E-state index contributed by atoms with van der Waals surface area (Å²) in [7, 11) is 0. The van der Waals surface area contributed by atoms with Gasteiger partial charge < -0.3 is 26.6 Å². The van der Waals surface area contributed by atoms with Crippen LogP contribution < -0.4 is 21.7 Å². The van der Waals surface area contributed by atoms with Gasteiger partial charge >= 0.3 is 6.03 Å². The third-order valence-corrected chi connectivity index (χ3v) is 6.95. The van der Waals surface area contributed by atoms with Gasteiger partial charge in [-0.05, 0) is 67.9 Å². The molecule has 0 unspecified atom stereocenters. The Morgan fingerprint density at radius 3 is 2.49 bits per heavy atom. The average Bonchev–Trinajstić information content (AvgIpc) is 3.42. The number of anilines is 2. The fraction of sp³-hybridized carbons (Fsp3) is 0.300. The monoisotopic (exact) mass is 553 g/mol. The van der Waals surface area contributed by atoms with Crippen molar-refractivity contribution in [3.8, 4) is 11.3 Å². The molecule has 11 nitrogen and oxygen atoms in total. The van der Waals surface area contributed by atoms with E-state index < -0.39 is 0 Å². The van der Waals surface area contributed by atoms with Crippen LogP contribution in [0.4, 0.5) is 16.3 Å². The van der Waals surface area contributed by atoms with E-state index in [-0.39, 0.29) is 11.9 Å². The SMILES string of the molecule is Nc1ccc(CNC(=O)Nc2ccc(-c3cc(C(=O)NCCN4CCCCC4)n(Cc4ccccn4)n3)cc2)cn1. The normalized spacial score (nSPS) is 13.5. The van der Waals surface area contributed by atoms with E-state index in [9.17, 15) is 9.59 Å². The van der Waals surface area contributed by atoms with Crippen molar-refractivity contribution < 1.29 is 9.59 Å². The molecule has 1 fully saturated rings. The molecule has 5 rings (SSSR count). The average molecular weight is 554 g/mol. The summed E-state index contributed by atoms with van der Waals surface area (Å²) in [4.78, 5) is 36.4. The van der Waals surface area contributed by atoms with Gasteiger partial charge in [0, 0.05) is 43.3 Å². The van der Waals surface area contributed by atoms with E-state index in [0.717, 1.165) is 36.5 Å². The highest BCUT2D eigenvalue weighted by atomic mass is 16.2. The van der Waals surface area contributed by atoms with Crippen LogP contribution in [-0.2, 0) is 13.1 Å². The lowest BCUT2D eigenvalue weighted by Crippen LogP contribution is -2.38. The van der Waals surface area contributed by atoms with Gasteiger partial charge in [-0.15, -0.1) is 0 Å². The number of benzene rings is 1. The van der Waals surface area contributed by atoms with Crippen molar-refractivity contribution in [1.29, 1.82) is 0 Å². The molecule has 4 aromatic rings. The minimum absolute atomic E-state index is 0.164. The number of nitrogens with zero attached hydrogens (tertiary/aromatic N) is 5. The Hall–Kier alpha value is -4.77. The van der Waals surface area contributed by atoms with Crippen molar-refractivity contribution in [3.63, 3.8) is 0 Å². The summed E-state index contributed by atoms with van der Waals surface area (Å²) in [6.45, 7) is 4.30. The van der Waals surface area contributed by atoms with Crippen molar-refractivity contribution >= 4 is 23.4 Å². The largest absolute Gasteiger partial charge is 0.384 e. The van der Waals surface area contributed by atoms with E-state index in [4.69, 9.17) is 10.8 Å². The third-order valence-electron chi connectivity index (χ3n) is 6.95. The number of urea groups is 1. The Bertz CT molecular complexity index is 1430. The number of piperidine rings is 1. The first-order valence-electron chi connectivity index (χ1n) is 13.9. The first-order valence-corrected chi connectivity index (χ1v) is 13.9. The van der Waals surface area contributed by atoms with Crippen LogP contribution in [0.5, 0.6) is 0 Å². The van der Waals surface area contributed by atoms with Gasteiger partial charge in [-0.1, -0.05) is 30.7 Å². The summed E-state index contributed by atoms with van der Waals surface area (Å²) in [5.41, 5.74) is 9.85. The van der Waals surface area contributed by atoms with Crippen LogP contribution in [0.3, 0.4) is 0 Å². The van der Waals surface area contributed by atoms with Crippen molar-refractivity contribution in [3.05, 3.63) is 90.0 Å². The highest BCUT2D eigenvalue weighted by Gasteiger charge is 2.18. The van der Waals surface area contributed by atoms with E-state index in [0.29, 0.717) is 42.5 Å². The summed E-state index contributed by atoms with van der Waals surface area (Å²) in [5, 5.41) is 13.4. The predicted octanol–water partition coefficient (Wildman–Crippen LogP) is 3.51. The van der Waals surface area contributed by atoms with Gasteiger partial charge in [0.25, 0.3) is 5.91 Å². The van der Waals surface area contributed by atoms with E-state index >= 15 is 0 Å². The molecular formula is C30H35N9O2. The highest BCUT2D eigenvalue weighted by Crippen LogP contribution is 2.22. The Kier molecular flexibility index (Phi) is 9.17. The number of carbonyl (C=O) groups is 2. The molecule has 1 aromatic carbocycles. The maximum Gasteiger partial charge on any atom is 0.319 e. The van der Waals surface area contributed by atoms with Gasteiger partial charge in [-0.25, -0.2) is 9.78 Å². The van der Waals surface area contributed by atoms with Gasteiger partial charge in [-0.3, -0.25) is 14.5 Å². The third kappa shape index (κ3) is 7.89. The van der Waals surface area contributed by atoms with E-state index in [1.807, 2.05) is 36.4 Å². The highest BCUT2D eigenvalue weighted by molar-refractivity contribution is 5.94. The van der Waals surface area contributed by atoms with Gasteiger partial charge in [0.15, 0.2) is 0 Å². The molecule has 1 saturated heterocycles. The van der Waals surface area contributed by atoms with Crippen LogP contribution in [-0.4, -0.2) is 62.8 Å². The lowest BCUT2D eigenvalue weighted by atomic mass is 10.1. The quantitative estimate of drug-likeness (QED) is 0.235. The number of hydrogen-bond donors (Lipinski definition) is 4. The number of nitrogens with two attached hydrogens (primary N) is 1. The summed E-state index contributed by atoms with van der Waals surface area (Å²) < 4.78 is 1.69. The molecule has 0 atom stereocenters. The van der Waals surface area contributed by atoms with Crippen molar-refractivity contribution in [2.75, 3.05) is 37.2 Å². The lowest BCUT2D eigenvalue weighted by Gasteiger charge is -2.26. The number of nitrogens with one attached hydrogen (secondary N) is 3. The Morgan fingerprint density at radius 2 is 1.76 bits per heavy atom. The number of rotatable bonds is 10. The van der Waals surface area contributed by atoms with Crippen LogP contribution in [0.1, 0.15) is 41.0 Å². The van der Waals surface area contributed by atoms with E-state index in [1.54, 1.807) is 41.3 Å². The molecular weight excluding hydrogens is 518 g/mol. The Balaban J connectivity index is 1.24.